The Balaban J connectivity index is 0.000000243. The summed E-state index contributed by atoms with van der Waals surface area (Å²) in [5.74, 6) is -3.48. The van der Waals surface area contributed by atoms with Crippen LogP contribution in [0.5, 0.6) is 0 Å². The van der Waals surface area contributed by atoms with E-state index in [1.54, 1.807) is 27.7 Å². The molecule has 1 aliphatic heterocycles. The maximum Gasteiger partial charge on any atom is 0.426 e. The van der Waals surface area contributed by atoms with E-state index in [0.29, 0.717) is 69.1 Å². The van der Waals surface area contributed by atoms with Crippen molar-refractivity contribution in [1.29, 1.82) is 0 Å². The van der Waals surface area contributed by atoms with Crippen LogP contribution in [0.15, 0.2) is 99.6 Å². The molecule has 6 unspecified atom stereocenters. The molecule has 18 nitrogen and oxygen atoms in total. The fourth-order valence-corrected chi connectivity index (χ4v) is 18.6. The Morgan fingerprint density at radius 1 is 0.578 bits per heavy atom. The van der Waals surface area contributed by atoms with E-state index in [-0.39, 0.29) is 102 Å². The molecule has 24 heteroatoms. The summed E-state index contributed by atoms with van der Waals surface area (Å²) in [6, 6.07) is 27.5. The second kappa shape index (κ2) is 37.2. The number of hydrogen-bond acceptors (Lipinski definition) is 17. The summed E-state index contributed by atoms with van der Waals surface area (Å²) >= 11 is 0. The minimum Gasteiger partial charge on any atom is -0.748 e. The first kappa shape index (κ1) is 93.5. The van der Waals surface area contributed by atoms with Gasteiger partial charge in [0, 0.05) is 12.8 Å². The highest BCUT2D eigenvalue weighted by molar-refractivity contribution is 7.97. The van der Waals surface area contributed by atoms with Crippen LogP contribution in [0.2, 0.25) is 0 Å². The zero-order valence-electron chi connectivity index (χ0n) is 66.8. The quantitative estimate of drug-likeness (QED) is 0.0311. The largest absolute Gasteiger partial charge is 0.748 e. The number of aliphatic hydroxyl groups is 1. The highest BCUT2D eigenvalue weighted by atomic mass is 32.2. The molecule has 0 amide bonds. The predicted molar refractivity (Wildman–Crippen MR) is 409 cm³/mol. The van der Waals surface area contributed by atoms with Gasteiger partial charge in [0.25, 0.3) is 0 Å². The number of rotatable bonds is 22. The summed E-state index contributed by atoms with van der Waals surface area (Å²) in [4.78, 5) is 86.4. The standard InChI is InChI=1S/C20H29F3O7S.C18H14FS.C16H26O3.C14H26O2.C10H16O4.C6H12O2.CH4/c1-4-17(2,3)15(24)30-19-8-12-5-13(9-19)7-18(6-12,11-19)16(25)29-14(20(21,22)23)10-31(26,27)28;19-15-11-13-18(14-12-15)20(16-7-3-1-4-8-16)17-9-5-2-6-10-17;1-4-14(2,3)13(17)19-16-8-11-5-12(9-16)7-15(18,6-11)10-16;1-6-13(4,5)12(15)16-14(11(2)3)9-7-8-10-14;1-4-10(2,3)9(12)14-7-5-8(11)13-6-7;1-4-6(2,3)5(7)8;/h12-14H,4-11H2,1-3H3,(H,26,27,28);1-14H;11-12,18H,4-10H2,1-3H3;11H,6-10H2,1-5H3;7H,4-6H2,1-3H3;4H2,1-3H3,(H,7,8);1H4/q;+1;;;;;/p-1. The van der Waals surface area contributed by atoms with Crippen LogP contribution in [0.3, 0.4) is 0 Å². The highest BCUT2D eigenvalue weighted by Crippen LogP contribution is 2.64. The summed E-state index contributed by atoms with van der Waals surface area (Å²) in [5, 5.41) is 19.1. The number of carbonyl (C=O) groups is 7. The van der Waals surface area contributed by atoms with Gasteiger partial charge in [0.1, 0.15) is 35.3 Å². The zero-order valence-corrected chi connectivity index (χ0v) is 68.5. The Morgan fingerprint density at radius 3 is 1.31 bits per heavy atom. The van der Waals surface area contributed by atoms with Gasteiger partial charge in [-0.15, -0.1) is 0 Å². The number of halogens is 4. The van der Waals surface area contributed by atoms with Gasteiger partial charge in [-0.3, -0.25) is 33.6 Å². The Bertz CT molecular complexity index is 3570. The average Bonchev–Trinajstić information content (AvgIpc) is 1.11. The number of esters is 6. The van der Waals surface area contributed by atoms with Gasteiger partial charge in [-0.05, 0) is 269 Å². The molecule has 10 aliphatic rings. The van der Waals surface area contributed by atoms with E-state index in [4.69, 9.17) is 28.8 Å². The molecule has 8 bridgehead atoms. The molecule has 0 aromatic heterocycles. The fraction of sp³-hybridized carbons (Fsp3) is 0.706. The van der Waals surface area contributed by atoms with E-state index >= 15 is 0 Å². The van der Waals surface area contributed by atoms with Crippen molar-refractivity contribution in [3.8, 4) is 0 Å². The zero-order chi connectivity index (χ0) is 81.1. The molecular formula is C85H126F4O18S2. The van der Waals surface area contributed by atoms with Crippen molar-refractivity contribution in [1.82, 2.24) is 0 Å². The first-order chi connectivity index (χ1) is 49.9. The van der Waals surface area contributed by atoms with Gasteiger partial charge in [-0.1, -0.05) is 92.3 Å². The minimum atomic E-state index is -5.27. The van der Waals surface area contributed by atoms with Crippen LogP contribution >= 0.6 is 0 Å². The van der Waals surface area contributed by atoms with Crippen LogP contribution in [0.4, 0.5) is 17.6 Å². The normalized spacial score (nSPS) is 25.9. The van der Waals surface area contributed by atoms with Crippen molar-refractivity contribution in [2.75, 3.05) is 12.4 Å². The van der Waals surface area contributed by atoms with Crippen LogP contribution in [-0.2, 0) is 83.0 Å². The summed E-state index contributed by atoms with van der Waals surface area (Å²) in [7, 11) is -5.46. The van der Waals surface area contributed by atoms with Crippen LogP contribution in [-0.4, -0.2) is 118 Å². The molecule has 1 saturated heterocycles. The summed E-state index contributed by atoms with van der Waals surface area (Å²) < 4.78 is 118. The minimum absolute atomic E-state index is 0. The maximum atomic E-state index is 13.3. The third-order valence-corrected chi connectivity index (χ3v) is 27.1. The SMILES string of the molecule is C.CCC(C)(C)C(=O)O.CCC(C)(C)C(=O)OC1(C(C)C)CCCC1.CCC(C)(C)C(=O)OC12CC3CC(C1)CC(C(=O)OC(CS(=O)(=O)[O-])C(F)(F)F)(C3)C2.CCC(C)(C)C(=O)OC12CC3CC(CC(O)(C3)C1)C2.CCC(C)(C)C(=O)OC1COC(=O)C1.Fc1ccc([S+](c2ccccc2)c2ccccc2)cc1. The Hall–Kier alpha value is -6.11. The molecule has 13 rings (SSSR count). The van der Waals surface area contributed by atoms with Gasteiger partial charge >= 0.3 is 48.0 Å². The van der Waals surface area contributed by atoms with Gasteiger partial charge in [-0.25, -0.2) is 12.8 Å². The number of carboxylic acid groups (broad SMARTS) is 1. The second-order valence-corrected chi connectivity index (χ2v) is 38.8. The van der Waals surface area contributed by atoms with E-state index in [1.165, 1.54) is 41.2 Å². The van der Waals surface area contributed by atoms with Gasteiger partial charge in [0.2, 0.25) is 6.10 Å². The number of ether oxygens (including phenoxy) is 6. The van der Waals surface area contributed by atoms with Crippen molar-refractivity contribution in [3.63, 3.8) is 0 Å². The molecule has 0 spiro atoms. The molecule has 614 valence electrons. The number of cyclic esters (lactones) is 1. The second-order valence-electron chi connectivity index (χ2n) is 35.3. The van der Waals surface area contributed by atoms with Crippen LogP contribution in [0, 0.1) is 67.9 Å². The van der Waals surface area contributed by atoms with E-state index in [9.17, 15) is 69.2 Å². The van der Waals surface area contributed by atoms with Crippen LogP contribution in [0.1, 0.15) is 266 Å². The Morgan fingerprint density at radius 2 is 0.963 bits per heavy atom. The number of benzene rings is 3. The highest BCUT2D eigenvalue weighted by Gasteiger charge is 2.65. The predicted octanol–water partition coefficient (Wildman–Crippen LogP) is 18.7. The van der Waals surface area contributed by atoms with E-state index in [1.807, 2.05) is 125 Å². The number of aliphatic carboxylic acids is 1. The number of carboxylic acids is 1. The topological polar surface area (TPSA) is 273 Å². The van der Waals surface area contributed by atoms with Crippen LogP contribution in [0.25, 0.3) is 0 Å². The van der Waals surface area contributed by atoms with Crippen molar-refractivity contribution in [2.24, 2.45) is 62.1 Å². The molecular weight excluding hydrogens is 1450 g/mol. The summed E-state index contributed by atoms with van der Waals surface area (Å²) in [6.07, 6.45) is 7.80. The maximum absolute atomic E-state index is 13.3. The Labute approximate surface area is 649 Å². The lowest BCUT2D eigenvalue weighted by Gasteiger charge is -2.60. The first-order valence-corrected chi connectivity index (χ1v) is 41.5. The third kappa shape index (κ3) is 25.2. The average molecular weight is 1580 g/mol. The number of alkyl halides is 3. The lowest BCUT2D eigenvalue weighted by molar-refractivity contribution is -0.239. The molecule has 9 aliphatic carbocycles. The number of hydrogen-bond donors (Lipinski definition) is 2. The third-order valence-electron chi connectivity index (χ3n) is 24.1. The molecule has 109 heavy (non-hydrogen) atoms. The smallest absolute Gasteiger partial charge is 0.426 e. The van der Waals surface area contributed by atoms with Crippen LogP contribution < -0.4 is 0 Å². The molecule has 9 saturated carbocycles. The summed E-state index contributed by atoms with van der Waals surface area (Å²) in [6.45, 7) is 32.7. The van der Waals surface area contributed by atoms with E-state index in [0.717, 1.165) is 62.7 Å². The van der Waals surface area contributed by atoms with Crippen molar-refractivity contribution >= 4 is 62.8 Å². The van der Waals surface area contributed by atoms with Crippen molar-refractivity contribution in [3.05, 3.63) is 90.7 Å². The molecule has 6 atom stereocenters. The lowest BCUT2D eigenvalue weighted by atomic mass is 9.48. The summed E-state index contributed by atoms with van der Waals surface area (Å²) in [5.41, 5.74) is -5.82. The molecule has 3 aromatic carbocycles. The Kier molecular flexibility index (Phi) is 31.9. The van der Waals surface area contributed by atoms with Gasteiger partial charge in [-0.2, -0.15) is 13.2 Å². The monoisotopic (exact) mass is 1570 g/mol. The number of carbonyl (C=O) groups excluding carboxylic acids is 6. The van der Waals surface area contributed by atoms with Gasteiger partial charge in [0.15, 0.2) is 14.7 Å². The van der Waals surface area contributed by atoms with Crippen molar-refractivity contribution in [2.45, 2.75) is 322 Å². The van der Waals surface area contributed by atoms with E-state index < -0.39 is 84.3 Å². The molecule has 3 aromatic rings. The van der Waals surface area contributed by atoms with E-state index in [2.05, 4.69) is 42.8 Å². The molecule has 2 N–H and O–H groups in total. The fourth-order valence-electron chi connectivity index (χ4n) is 15.9. The molecule has 0 radical (unpaired) electrons. The first-order valence-electron chi connectivity index (χ1n) is 38.7. The molecule has 1 heterocycles. The lowest BCUT2D eigenvalue weighted by Crippen LogP contribution is -2.61. The van der Waals surface area contributed by atoms with Gasteiger partial charge in [0.05, 0.1) is 71.3 Å². The van der Waals surface area contributed by atoms with Crippen molar-refractivity contribution < 1.29 is 103 Å². The van der Waals surface area contributed by atoms with Gasteiger partial charge < -0.3 is 43.2 Å². The molecule has 10 fully saturated rings.